The van der Waals surface area contributed by atoms with Gasteiger partial charge < -0.3 is 5.32 Å². The van der Waals surface area contributed by atoms with Gasteiger partial charge in [0.2, 0.25) is 5.91 Å². The van der Waals surface area contributed by atoms with Crippen molar-refractivity contribution in [2.24, 2.45) is 0 Å². The third-order valence-corrected chi connectivity index (χ3v) is 7.15. The van der Waals surface area contributed by atoms with Crippen molar-refractivity contribution < 1.29 is 31.3 Å². The summed E-state index contributed by atoms with van der Waals surface area (Å²) in [5, 5.41) is 13.2. The summed E-state index contributed by atoms with van der Waals surface area (Å²) in [6.45, 7) is 0. The van der Waals surface area contributed by atoms with Gasteiger partial charge in [-0.1, -0.05) is 11.6 Å². The summed E-state index contributed by atoms with van der Waals surface area (Å²) in [6.07, 6.45) is 1.75. The van der Waals surface area contributed by atoms with Crippen LogP contribution in [0.15, 0.2) is 51.1 Å². The molecule has 162 valence electrons. The molecule has 0 aliphatic carbocycles. The molecule has 0 fully saturated rings. The molecule has 1 N–H and O–H groups in total. The van der Waals surface area contributed by atoms with E-state index >= 15 is 0 Å². The van der Waals surface area contributed by atoms with Gasteiger partial charge in [-0.2, -0.15) is 13.2 Å². The quantitative estimate of drug-likeness (QED) is 0.324. The zero-order chi connectivity index (χ0) is 22.7. The molecule has 14 heteroatoms. The van der Waals surface area contributed by atoms with Gasteiger partial charge >= 0.3 is 5.51 Å². The van der Waals surface area contributed by atoms with Crippen molar-refractivity contribution in [3.05, 3.63) is 51.5 Å². The zero-order valence-corrected chi connectivity index (χ0v) is 18.1. The normalized spacial score (nSPS) is 11.9. The van der Waals surface area contributed by atoms with Crippen molar-refractivity contribution in [3.8, 4) is 0 Å². The van der Waals surface area contributed by atoms with Gasteiger partial charge in [-0.25, -0.2) is 8.42 Å². The second kappa shape index (κ2) is 9.45. The standard InChI is InChI=1S/C16H12ClF3N2O5S3/c1-28-9-2-5-14(13(6-9)22(24)25)29-8-15(23)21-12-7-10(3-4-11(12)17)30(26,27)16(18,19)20/h2-7H,8H2,1H3,(H,21,23). The minimum atomic E-state index is -5.62. The molecule has 0 spiro atoms. The maximum absolute atomic E-state index is 12.7. The average molecular weight is 501 g/mol. The van der Waals surface area contributed by atoms with Crippen molar-refractivity contribution in [2.45, 2.75) is 20.2 Å². The molecule has 0 bridgehead atoms. The van der Waals surface area contributed by atoms with E-state index in [4.69, 9.17) is 11.6 Å². The Bertz CT molecular complexity index is 1090. The minimum Gasteiger partial charge on any atom is -0.324 e. The number of nitrogens with zero attached hydrogens (tertiary/aromatic N) is 1. The molecule has 2 rings (SSSR count). The topological polar surface area (TPSA) is 106 Å². The molecule has 0 aliphatic heterocycles. The Morgan fingerprint density at radius 1 is 1.23 bits per heavy atom. The Morgan fingerprint density at radius 2 is 1.90 bits per heavy atom. The van der Waals surface area contributed by atoms with Crippen LogP contribution in [0.2, 0.25) is 5.02 Å². The Kier molecular flexibility index (Phi) is 7.66. The van der Waals surface area contributed by atoms with E-state index in [-0.39, 0.29) is 27.0 Å². The van der Waals surface area contributed by atoms with Crippen LogP contribution in [0.5, 0.6) is 0 Å². The number of carbonyl (C=O) groups excluding carboxylic acids is 1. The molecule has 7 nitrogen and oxygen atoms in total. The van der Waals surface area contributed by atoms with Crippen LogP contribution in [-0.2, 0) is 14.6 Å². The average Bonchev–Trinajstić information content (AvgIpc) is 2.66. The van der Waals surface area contributed by atoms with Gasteiger partial charge in [0.25, 0.3) is 15.5 Å². The first-order valence-electron chi connectivity index (χ1n) is 7.73. The SMILES string of the molecule is CSc1ccc(SCC(=O)Nc2cc(S(=O)(=O)C(F)(F)F)ccc2Cl)c([N+](=O)[O-])c1. The molecule has 1 amide bonds. The first-order valence-corrected chi connectivity index (χ1v) is 11.8. The molecule has 0 atom stereocenters. The highest BCUT2D eigenvalue weighted by Crippen LogP contribution is 2.35. The van der Waals surface area contributed by atoms with E-state index in [1.807, 2.05) is 0 Å². The van der Waals surface area contributed by atoms with E-state index in [9.17, 15) is 36.5 Å². The number of sulfone groups is 1. The largest absolute Gasteiger partial charge is 0.501 e. The van der Waals surface area contributed by atoms with Crippen LogP contribution >= 0.6 is 35.1 Å². The molecule has 0 aliphatic rings. The highest BCUT2D eigenvalue weighted by atomic mass is 35.5. The Hall–Kier alpha value is -1.96. The lowest BCUT2D eigenvalue weighted by Gasteiger charge is -2.12. The number of rotatable bonds is 7. The summed E-state index contributed by atoms with van der Waals surface area (Å²) >= 11 is 7.98. The first-order chi connectivity index (χ1) is 13.9. The number of halogens is 4. The van der Waals surface area contributed by atoms with Gasteiger partial charge in [-0.3, -0.25) is 14.9 Å². The van der Waals surface area contributed by atoms with Crippen LogP contribution in [0, 0.1) is 10.1 Å². The fourth-order valence-electron chi connectivity index (χ4n) is 2.12. The van der Waals surface area contributed by atoms with Crippen molar-refractivity contribution >= 4 is 62.2 Å². The monoisotopic (exact) mass is 500 g/mol. The van der Waals surface area contributed by atoms with Gasteiger partial charge in [0.05, 0.1) is 31.2 Å². The van der Waals surface area contributed by atoms with E-state index in [2.05, 4.69) is 5.32 Å². The summed E-state index contributed by atoms with van der Waals surface area (Å²) in [7, 11) is -5.62. The maximum atomic E-state index is 12.7. The molecule has 0 unspecified atom stereocenters. The first kappa shape index (κ1) is 24.3. The molecule has 0 aromatic heterocycles. The number of alkyl halides is 3. The molecule has 0 saturated carbocycles. The Morgan fingerprint density at radius 3 is 2.47 bits per heavy atom. The molecular formula is C16H12ClF3N2O5S3. The Labute approximate surface area is 182 Å². The van der Waals surface area contributed by atoms with Gasteiger partial charge in [0.1, 0.15) is 0 Å². The summed E-state index contributed by atoms with van der Waals surface area (Å²) in [5.74, 6) is -1.07. The number of hydrogen-bond donors (Lipinski definition) is 1. The molecule has 2 aromatic rings. The zero-order valence-electron chi connectivity index (χ0n) is 14.9. The summed E-state index contributed by atoms with van der Waals surface area (Å²) in [5.41, 5.74) is -6.05. The fourth-order valence-corrected chi connectivity index (χ4v) is 4.31. The molecular weight excluding hydrogens is 489 g/mol. The lowest BCUT2D eigenvalue weighted by atomic mass is 10.3. The number of anilines is 1. The van der Waals surface area contributed by atoms with Gasteiger partial charge in [-0.05, 0) is 36.6 Å². The third kappa shape index (κ3) is 5.59. The van der Waals surface area contributed by atoms with E-state index in [0.29, 0.717) is 17.0 Å². The predicted octanol–water partition coefficient (Wildman–Crippen LogP) is 4.99. The van der Waals surface area contributed by atoms with E-state index < -0.39 is 31.1 Å². The molecule has 0 radical (unpaired) electrons. The second-order valence-electron chi connectivity index (χ2n) is 5.52. The van der Waals surface area contributed by atoms with Crippen LogP contribution in [0.4, 0.5) is 24.5 Å². The molecule has 30 heavy (non-hydrogen) atoms. The summed E-state index contributed by atoms with van der Waals surface area (Å²) in [4.78, 5) is 22.6. The number of hydrogen-bond acceptors (Lipinski definition) is 7. The lowest BCUT2D eigenvalue weighted by Crippen LogP contribution is -2.23. The van der Waals surface area contributed by atoms with Crippen LogP contribution in [0.25, 0.3) is 0 Å². The smallest absolute Gasteiger partial charge is 0.324 e. The van der Waals surface area contributed by atoms with Gasteiger partial charge in [0, 0.05) is 11.0 Å². The van der Waals surface area contributed by atoms with Crippen LogP contribution in [0.3, 0.4) is 0 Å². The highest BCUT2D eigenvalue weighted by molar-refractivity contribution is 8.00. The van der Waals surface area contributed by atoms with Crippen molar-refractivity contribution in [1.82, 2.24) is 0 Å². The summed E-state index contributed by atoms with van der Waals surface area (Å²) in [6, 6.07) is 6.66. The number of thioether (sulfide) groups is 2. The van der Waals surface area contributed by atoms with Gasteiger partial charge in [-0.15, -0.1) is 23.5 Å². The molecule has 0 saturated heterocycles. The fraction of sp³-hybridized carbons (Fsp3) is 0.188. The van der Waals surface area contributed by atoms with Crippen LogP contribution in [-0.4, -0.2) is 36.8 Å². The van der Waals surface area contributed by atoms with Crippen molar-refractivity contribution in [3.63, 3.8) is 0 Å². The molecule has 2 aromatic carbocycles. The van der Waals surface area contributed by atoms with Crippen molar-refractivity contribution in [1.29, 1.82) is 0 Å². The number of nitro benzene ring substituents is 1. The summed E-state index contributed by atoms with van der Waals surface area (Å²) < 4.78 is 61.2. The van der Waals surface area contributed by atoms with E-state index in [1.54, 1.807) is 12.3 Å². The Balaban J connectivity index is 2.18. The minimum absolute atomic E-state index is 0.176. The molecule has 0 heterocycles. The number of benzene rings is 2. The van der Waals surface area contributed by atoms with Crippen LogP contribution in [0.1, 0.15) is 0 Å². The highest BCUT2D eigenvalue weighted by Gasteiger charge is 2.47. The van der Waals surface area contributed by atoms with E-state index in [1.165, 1.54) is 23.9 Å². The predicted molar refractivity (Wildman–Crippen MR) is 109 cm³/mol. The number of amides is 1. The van der Waals surface area contributed by atoms with E-state index in [0.717, 1.165) is 17.8 Å². The number of nitrogens with one attached hydrogen (secondary N) is 1. The maximum Gasteiger partial charge on any atom is 0.501 e. The second-order valence-corrected chi connectivity index (χ2v) is 9.76. The van der Waals surface area contributed by atoms with Crippen LogP contribution < -0.4 is 5.32 Å². The van der Waals surface area contributed by atoms with Gasteiger partial charge in [0.15, 0.2) is 0 Å². The number of carbonyl (C=O) groups is 1. The van der Waals surface area contributed by atoms with Crippen molar-refractivity contribution in [2.75, 3.05) is 17.3 Å². The lowest BCUT2D eigenvalue weighted by molar-refractivity contribution is -0.387. The third-order valence-electron chi connectivity index (χ3n) is 3.55. The number of nitro groups is 1.